The third-order valence-electron chi connectivity index (χ3n) is 8.18. The third kappa shape index (κ3) is 3.80. The lowest BCUT2D eigenvalue weighted by molar-refractivity contribution is -0.158. The highest BCUT2D eigenvalue weighted by atomic mass is 16.5. The largest absolute Gasteiger partial charge is 0.494 e. The van der Waals surface area contributed by atoms with Crippen LogP contribution in [0.1, 0.15) is 35.3 Å². The molecule has 0 unspecified atom stereocenters. The van der Waals surface area contributed by atoms with Crippen molar-refractivity contribution in [3.8, 4) is 5.75 Å². The van der Waals surface area contributed by atoms with Gasteiger partial charge in [-0.2, -0.15) is 0 Å². The summed E-state index contributed by atoms with van der Waals surface area (Å²) < 4.78 is 6.01. The second kappa shape index (κ2) is 9.34. The highest BCUT2D eigenvalue weighted by molar-refractivity contribution is 5.98. The summed E-state index contributed by atoms with van der Waals surface area (Å²) in [5, 5.41) is 2.26. The fourth-order valence-electron chi connectivity index (χ4n) is 6.42. The van der Waals surface area contributed by atoms with Crippen molar-refractivity contribution in [2.24, 2.45) is 0 Å². The molecule has 3 aromatic carbocycles. The van der Waals surface area contributed by atoms with E-state index in [1.807, 2.05) is 67.7 Å². The molecule has 1 saturated heterocycles. The lowest BCUT2D eigenvalue weighted by atomic mass is 9.86. The number of rotatable bonds is 6. The van der Waals surface area contributed by atoms with Gasteiger partial charge in [0.1, 0.15) is 17.8 Å². The van der Waals surface area contributed by atoms with Crippen LogP contribution in [0.15, 0.2) is 79.0 Å². The van der Waals surface area contributed by atoms with Crippen LogP contribution in [0.25, 0.3) is 21.8 Å². The molecule has 7 nitrogen and oxygen atoms in total. The van der Waals surface area contributed by atoms with Gasteiger partial charge >= 0.3 is 0 Å². The molecule has 5 aromatic rings. The molecule has 2 aliphatic heterocycles. The normalized spacial score (nSPS) is 19.0. The number of para-hydroxylation sites is 3. The van der Waals surface area contributed by atoms with Gasteiger partial charge < -0.3 is 24.5 Å². The van der Waals surface area contributed by atoms with Crippen molar-refractivity contribution >= 4 is 33.6 Å². The van der Waals surface area contributed by atoms with Crippen LogP contribution in [0.3, 0.4) is 0 Å². The number of aromatic nitrogens is 2. The Balaban J connectivity index is 1.27. The molecule has 0 bridgehead atoms. The molecular weight excluding hydrogens is 488 g/mol. The minimum Gasteiger partial charge on any atom is -0.494 e. The monoisotopic (exact) mass is 518 g/mol. The predicted octanol–water partition coefficient (Wildman–Crippen LogP) is 4.98. The van der Waals surface area contributed by atoms with Crippen LogP contribution in [0, 0.1) is 0 Å². The Morgan fingerprint density at radius 1 is 0.923 bits per heavy atom. The number of ether oxygens (including phenoxy) is 1. The van der Waals surface area contributed by atoms with Gasteiger partial charge in [0.05, 0.1) is 13.2 Å². The van der Waals surface area contributed by atoms with Gasteiger partial charge in [-0.15, -0.1) is 0 Å². The Morgan fingerprint density at radius 2 is 1.67 bits per heavy atom. The molecule has 2 atom stereocenters. The van der Waals surface area contributed by atoms with Crippen molar-refractivity contribution in [3.63, 3.8) is 0 Å². The summed E-state index contributed by atoms with van der Waals surface area (Å²) in [5.74, 6) is 0.695. The molecular formula is C32H30N4O3. The minimum atomic E-state index is -0.569. The molecule has 196 valence electrons. The van der Waals surface area contributed by atoms with Crippen molar-refractivity contribution in [1.82, 2.24) is 19.8 Å². The van der Waals surface area contributed by atoms with Gasteiger partial charge in [-0.05, 0) is 42.7 Å². The summed E-state index contributed by atoms with van der Waals surface area (Å²) in [6.45, 7) is 3.04. The SMILES string of the molecule is CCOc1ccccc1[C@H]1c2[nH]c3ccccc3c2C[C@H]2C(=O)N(CCc3c[nH]c4ccccc34)CC(=O)N12. The summed E-state index contributed by atoms with van der Waals surface area (Å²) in [7, 11) is 0. The zero-order valence-corrected chi connectivity index (χ0v) is 21.8. The molecule has 7 rings (SSSR count). The van der Waals surface area contributed by atoms with Crippen LogP contribution < -0.4 is 4.74 Å². The third-order valence-corrected chi connectivity index (χ3v) is 8.18. The molecule has 2 N–H and O–H groups in total. The number of nitrogens with zero attached hydrogens (tertiary/aromatic N) is 2. The number of carbonyl (C=O) groups excluding carboxylic acids is 2. The van der Waals surface area contributed by atoms with Crippen molar-refractivity contribution in [3.05, 3.63) is 101 Å². The molecule has 0 spiro atoms. The number of nitrogens with one attached hydrogen (secondary N) is 2. The van der Waals surface area contributed by atoms with Crippen LogP contribution in [0.4, 0.5) is 0 Å². The van der Waals surface area contributed by atoms with E-state index in [4.69, 9.17) is 4.74 Å². The Labute approximate surface area is 226 Å². The highest BCUT2D eigenvalue weighted by Crippen LogP contribution is 2.44. The standard InChI is InChI=1S/C32H30N4O3/c1-2-39-28-14-8-5-11-23(28)31-30-24(22-10-4-7-13-26(22)34-30)17-27-32(38)35(19-29(37)36(27)31)16-15-20-18-33-25-12-6-3-9-21(20)25/h3-14,18,27,31,33-34H,2,15-17,19H2,1H3/t27-,31-/m0/s1. The maximum Gasteiger partial charge on any atom is 0.246 e. The molecule has 7 heteroatoms. The lowest BCUT2D eigenvalue weighted by Crippen LogP contribution is -2.63. The van der Waals surface area contributed by atoms with Gasteiger partial charge in [-0.1, -0.05) is 54.6 Å². The first-order valence-corrected chi connectivity index (χ1v) is 13.6. The van der Waals surface area contributed by atoms with Gasteiger partial charge in [0.2, 0.25) is 11.8 Å². The maximum absolute atomic E-state index is 14.1. The van der Waals surface area contributed by atoms with E-state index in [1.54, 1.807) is 9.80 Å². The fraction of sp³-hybridized carbons (Fsp3) is 0.250. The number of hydrogen-bond donors (Lipinski definition) is 2. The Morgan fingerprint density at radius 3 is 2.51 bits per heavy atom. The number of hydrogen-bond acceptors (Lipinski definition) is 3. The summed E-state index contributed by atoms with van der Waals surface area (Å²) in [5.41, 5.74) is 6.20. The van der Waals surface area contributed by atoms with E-state index in [9.17, 15) is 9.59 Å². The summed E-state index contributed by atoms with van der Waals surface area (Å²) in [4.78, 5) is 38.4. The number of aromatic amines is 2. The average molecular weight is 519 g/mol. The maximum atomic E-state index is 14.1. The number of benzene rings is 3. The molecule has 2 aromatic heterocycles. The molecule has 39 heavy (non-hydrogen) atoms. The van der Waals surface area contributed by atoms with Crippen molar-refractivity contribution in [2.45, 2.75) is 31.8 Å². The second-order valence-corrected chi connectivity index (χ2v) is 10.3. The van der Waals surface area contributed by atoms with Gasteiger partial charge in [-0.3, -0.25) is 9.59 Å². The van der Waals surface area contributed by atoms with E-state index in [-0.39, 0.29) is 18.4 Å². The number of amides is 2. The topological polar surface area (TPSA) is 81.4 Å². The molecule has 1 fully saturated rings. The number of H-pyrrole nitrogens is 2. The average Bonchev–Trinajstić information content (AvgIpc) is 3.55. The van der Waals surface area contributed by atoms with Crippen molar-refractivity contribution in [1.29, 1.82) is 0 Å². The Hall–Kier alpha value is -4.52. The summed E-state index contributed by atoms with van der Waals surface area (Å²) >= 11 is 0. The predicted molar refractivity (Wildman–Crippen MR) is 151 cm³/mol. The molecule has 4 heterocycles. The summed E-state index contributed by atoms with van der Waals surface area (Å²) in [6.07, 6.45) is 3.18. The van der Waals surface area contributed by atoms with Crippen LogP contribution in [-0.4, -0.2) is 57.3 Å². The van der Waals surface area contributed by atoms with Gasteiger partial charge in [0.15, 0.2) is 0 Å². The van der Waals surface area contributed by atoms with Crippen molar-refractivity contribution < 1.29 is 14.3 Å². The van der Waals surface area contributed by atoms with E-state index in [1.165, 1.54) is 0 Å². The van der Waals surface area contributed by atoms with Crippen molar-refractivity contribution in [2.75, 3.05) is 19.7 Å². The van der Waals surface area contributed by atoms with Gasteiger partial charge in [-0.25, -0.2) is 0 Å². The Bertz CT molecular complexity index is 1720. The van der Waals surface area contributed by atoms with E-state index < -0.39 is 12.1 Å². The number of fused-ring (bicyclic) bond motifs is 5. The molecule has 2 amide bonds. The van der Waals surface area contributed by atoms with Gasteiger partial charge in [0, 0.05) is 52.2 Å². The minimum absolute atomic E-state index is 0.00395. The van der Waals surface area contributed by atoms with E-state index in [0.29, 0.717) is 26.0 Å². The van der Waals surface area contributed by atoms with Crippen LogP contribution >= 0.6 is 0 Å². The molecule has 0 saturated carbocycles. The van der Waals surface area contributed by atoms with E-state index in [0.717, 1.165) is 49.9 Å². The highest BCUT2D eigenvalue weighted by Gasteiger charge is 2.48. The lowest BCUT2D eigenvalue weighted by Gasteiger charge is -2.47. The number of piperazine rings is 1. The molecule has 2 aliphatic rings. The second-order valence-electron chi connectivity index (χ2n) is 10.3. The summed E-state index contributed by atoms with van der Waals surface area (Å²) in [6, 6.07) is 23.2. The first kappa shape index (κ1) is 23.6. The molecule has 0 radical (unpaired) electrons. The fourth-order valence-corrected chi connectivity index (χ4v) is 6.42. The first-order chi connectivity index (χ1) is 19.1. The van der Waals surface area contributed by atoms with Gasteiger partial charge in [0.25, 0.3) is 0 Å². The molecule has 0 aliphatic carbocycles. The zero-order chi connectivity index (χ0) is 26.5. The zero-order valence-electron chi connectivity index (χ0n) is 21.8. The smallest absolute Gasteiger partial charge is 0.246 e. The van der Waals surface area contributed by atoms with E-state index in [2.05, 4.69) is 28.2 Å². The number of carbonyl (C=O) groups is 2. The Kier molecular flexibility index (Phi) is 5.65. The van der Waals surface area contributed by atoms with Crippen LogP contribution in [0.2, 0.25) is 0 Å². The van der Waals surface area contributed by atoms with Crippen LogP contribution in [0.5, 0.6) is 5.75 Å². The first-order valence-electron chi connectivity index (χ1n) is 13.6. The quantitative estimate of drug-likeness (QED) is 0.333. The van der Waals surface area contributed by atoms with Crippen LogP contribution in [-0.2, 0) is 22.4 Å². The van der Waals surface area contributed by atoms with E-state index >= 15 is 0 Å².